The summed E-state index contributed by atoms with van der Waals surface area (Å²) >= 11 is 6.04. The van der Waals surface area contributed by atoms with Crippen LogP contribution < -0.4 is 5.73 Å². The monoisotopic (exact) mass is 296 g/mol. The Labute approximate surface area is 124 Å². The van der Waals surface area contributed by atoms with Crippen molar-refractivity contribution in [2.24, 2.45) is 5.73 Å². The third-order valence-corrected chi connectivity index (χ3v) is 4.05. The first-order valence-corrected chi connectivity index (χ1v) is 7.32. The van der Waals surface area contributed by atoms with E-state index in [-0.39, 0.29) is 24.6 Å². The maximum atomic E-state index is 12.1. The fourth-order valence-corrected chi connectivity index (χ4v) is 2.72. The Bertz CT molecular complexity index is 467. The molecule has 20 heavy (non-hydrogen) atoms. The maximum absolute atomic E-state index is 12.1. The second kappa shape index (κ2) is 7.07. The SMILES string of the molecule is C[C@@H]1C[C@H](N)CCN1C(=O)COCc1ccccc1Cl. The molecule has 1 aromatic carbocycles. The minimum Gasteiger partial charge on any atom is -0.367 e. The van der Waals surface area contributed by atoms with Crippen molar-refractivity contribution < 1.29 is 9.53 Å². The highest BCUT2D eigenvalue weighted by molar-refractivity contribution is 6.31. The molecular formula is C15H21ClN2O2. The van der Waals surface area contributed by atoms with Gasteiger partial charge in [-0.05, 0) is 31.4 Å². The molecule has 0 aromatic heterocycles. The average molecular weight is 297 g/mol. The first kappa shape index (κ1) is 15.3. The number of carbonyl (C=O) groups excluding carboxylic acids is 1. The number of rotatable bonds is 4. The fourth-order valence-electron chi connectivity index (χ4n) is 2.53. The zero-order valence-corrected chi connectivity index (χ0v) is 12.5. The molecule has 2 atom stereocenters. The van der Waals surface area contributed by atoms with Crippen molar-refractivity contribution in [2.45, 2.75) is 38.5 Å². The molecule has 1 amide bonds. The van der Waals surface area contributed by atoms with Gasteiger partial charge in [0.25, 0.3) is 0 Å². The summed E-state index contributed by atoms with van der Waals surface area (Å²) in [5.41, 5.74) is 6.80. The lowest BCUT2D eigenvalue weighted by molar-refractivity contribution is -0.140. The maximum Gasteiger partial charge on any atom is 0.248 e. The average Bonchev–Trinajstić information content (AvgIpc) is 2.40. The molecule has 0 bridgehead atoms. The van der Waals surface area contributed by atoms with Crippen molar-refractivity contribution in [3.63, 3.8) is 0 Å². The van der Waals surface area contributed by atoms with Gasteiger partial charge in [0, 0.05) is 23.7 Å². The van der Waals surface area contributed by atoms with E-state index in [9.17, 15) is 4.79 Å². The number of hydrogen-bond acceptors (Lipinski definition) is 3. The van der Waals surface area contributed by atoms with Gasteiger partial charge >= 0.3 is 0 Å². The number of nitrogens with zero attached hydrogens (tertiary/aromatic N) is 1. The van der Waals surface area contributed by atoms with Crippen molar-refractivity contribution in [1.29, 1.82) is 0 Å². The van der Waals surface area contributed by atoms with Crippen LogP contribution in [0.4, 0.5) is 0 Å². The number of nitrogens with two attached hydrogens (primary N) is 1. The molecule has 1 fully saturated rings. The summed E-state index contributed by atoms with van der Waals surface area (Å²) in [7, 11) is 0. The van der Waals surface area contributed by atoms with Crippen LogP contribution in [0.25, 0.3) is 0 Å². The first-order valence-electron chi connectivity index (χ1n) is 6.94. The third kappa shape index (κ3) is 3.95. The molecule has 4 nitrogen and oxygen atoms in total. The van der Waals surface area contributed by atoms with Gasteiger partial charge in [-0.25, -0.2) is 0 Å². The Morgan fingerprint density at radius 1 is 1.50 bits per heavy atom. The van der Waals surface area contributed by atoms with Gasteiger partial charge in [0.2, 0.25) is 5.91 Å². The van der Waals surface area contributed by atoms with E-state index in [1.807, 2.05) is 36.1 Å². The van der Waals surface area contributed by atoms with Crippen LogP contribution in [0.15, 0.2) is 24.3 Å². The van der Waals surface area contributed by atoms with E-state index >= 15 is 0 Å². The Balaban J connectivity index is 1.79. The lowest BCUT2D eigenvalue weighted by Crippen LogP contribution is -2.49. The number of benzene rings is 1. The van der Waals surface area contributed by atoms with Crippen LogP contribution in [-0.2, 0) is 16.1 Å². The smallest absolute Gasteiger partial charge is 0.248 e. The summed E-state index contributed by atoms with van der Waals surface area (Å²) in [4.78, 5) is 14.0. The molecule has 1 aliphatic heterocycles. The molecule has 0 unspecified atom stereocenters. The van der Waals surface area contributed by atoms with E-state index in [1.165, 1.54) is 0 Å². The summed E-state index contributed by atoms with van der Waals surface area (Å²) < 4.78 is 5.48. The molecule has 5 heteroatoms. The Morgan fingerprint density at radius 2 is 2.25 bits per heavy atom. The van der Waals surface area contributed by atoms with Crippen LogP contribution in [0, 0.1) is 0 Å². The molecule has 0 saturated carbocycles. The van der Waals surface area contributed by atoms with Gasteiger partial charge in [-0.15, -0.1) is 0 Å². The van der Waals surface area contributed by atoms with Crippen LogP contribution in [0.3, 0.4) is 0 Å². The zero-order chi connectivity index (χ0) is 14.5. The number of piperidine rings is 1. The molecule has 1 aromatic rings. The third-order valence-electron chi connectivity index (χ3n) is 3.68. The van der Waals surface area contributed by atoms with E-state index in [2.05, 4.69) is 0 Å². The largest absolute Gasteiger partial charge is 0.367 e. The summed E-state index contributed by atoms with van der Waals surface area (Å²) in [5, 5.41) is 0.664. The fraction of sp³-hybridized carbons (Fsp3) is 0.533. The number of likely N-dealkylation sites (tertiary alicyclic amines) is 1. The zero-order valence-electron chi connectivity index (χ0n) is 11.7. The van der Waals surface area contributed by atoms with Crippen LogP contribution in [-0.4, -0.2) is 36.0 Å². The lowest BCUT2D eigenvalue weighted by Gasteiger charge is -2.36. The molecule has 1 heterocycles. The van der Waals surface area contributed by atoms with Crippen LogP contribution in [0.1, 0.15) is 25.3 Å². The highest BCUT2D eigenvalue weighted by atomic mass is 35.5. The molecular weight excluding hydrogens is 276 g/mol. The predicted molar refractivity (Wildman–Crippen MR) is 79.5 cm³/mol. The van der Waals surface area contributed by atoms with E-state index < -0.39 is 0 Å². The minimum atomic E-state index is 0.0245. The molecule has 0 aliphatic carbocycles. The highest BCUT2D eigenvalue weighted by Crippen LogP contribution is 2.17. The Hall–Kier alpha value is -1.10. The second-order valence-corrected chi connectivity index (χ2v) is 5.71. The van der Waals surface area contributed by atoms with Crippen molar-refractivity contribution in [2.75, 3.05) is 13.2 Å². The molecule has 0 spiro atoms. The molecule has 1 aliphatic rings. The number of amides is 1. The van der Waals surface area contributed by atoms with Crippen molar-refractivity contribution in [3.8, 4) is 0 Å². The number of ether oxygens (including phenoxy) is 1. The van der Waals surface area contributed by atoms with Gasteiger partial charge in [0.05, 0.1) is 6.61 Å². The summed E-state index contributed by atoms with van der Waals surface area (Å²) in [5.74, 6) is 0.0245. The number of carbonyl (C=O) groups is 1. The van der Waals surface area contributed by atoms with Gasteiger partial charge < -0.3 is 15.4 Å². The second-order valence-electron chi connectivity index (χ2n) is 5.30. The molecule has 110 valence electrons. The van der Waals surface area contributed by atoms with Crippen LogP contribution in [0.5, 0.6) is 0 Å². The first-order chi connectivity index (χ1) is 9.58. The molecule has 1 saturated heterocycles. The van der Waals surface area contributed by atoms with E-state index in [0.29, 0.717) is 11.6 Å². The lowest BCUT2D eigenvalue weighted by atomic mass is 9.99. The van der Waals surface area contributed by atoms with Crippen molar-refractivity contribution in [1.82, 2.24) is 4.90 Å². The topological polar surface area (TPSA) is 55.6 Å². The standard InChI is InChI=1S/C15H21ClN2O2/c1-11-8-13(17)6-7-18(11)15(19)10-20-9-12-4-2-3-5-14(12)16/h2-5,11,13H,6-10,17H2,1H3/t11-,13-/m1/s1. The van der Waals surface area contributed by atoms with Crippen LogP contribution in [0.2, 0.25) is 5.02 Å². The van der Waals surface area contributed by atoms with E-state index in [1.54, 1.807) is 0 Å². The predicted octanol–water partition coefficient (Wildman–Crippen LogP) is 2.19. The summed E-state index contributed by atoms with van der Waals surface area (Å²) in [6, 6.07) is 7.88. The number of hydrogen-bond donors (Lipinski definition) is 1. The van der Waals surface area contributed by atoms with Gasteiger partial charge in [0.1, 0.15) is 6.61 Å². The summed E-state index contributed by atoms with van der Waals surface area (Å²) in [6.07, 6.45) is 1.72. The van der Waals surface area contributed by atoms with Gasteiger partial charge in [-0.2, -0.15) is 0 Å². The normalized spacial score (nSPS) is 22.9. The van der Waals surface area contributed by atoms with Crippen LogP contribution >= 0.6 is 11.6 Å². The van der Waals surface area contributed by atoms with Gasteiger partial charge in [-0.3, -0.25) is 4.79 Å². The summed E-state index contributed by atoms with van der Waals surface area (Å²) in [6.45, 7) is 3.19. The Kier molecular flexibility index (Phi) is 5.40. The molecule has 2 rings (SSSR count). The minimum absolute atomic E-state index is 0.0245. The molecule has 0 radical (unpaired) electrons. The van der Waals surface area contributed by atoms with E-state index in [4.69, 9.17) is 22.1 Å². The highest BCUT2D eigenvalue weighted by Gasteiger charge is 2.26. The van der Waals surface area contributed by atoms with Gasteiger partial charge in [-0.1, -0.05) is 29.8 Å². The number of halogens is 1. The van der Waals surface area contributed by atoms with Crippen molar-refractivity contribution in [3.05, 3.63) is 34.9 Å². The quantitative estimate of drug-likeness (QED) is 0.927. The van der Waals surface area contributed by atoms with Crippen molar-refractivity contribution >= 4 is 17.5 Å². The molecule has 2 N–H and O–H groups in total. The van der Waals surface area contributed by atoms with Gasteiger partial charge in [0.15, 0.2) is 0 Å². The van der Waals surface area contributed by atoms with E-state index in [0.717, 1.165) is 24.9 Å². The Morgan fingerprint density at radius 3 is 2.95 bits per heavy atom.